The minimum atomic E-state index is -2.77. The van der Waals surface area contributed by atoms with Crippen molar-refractivity contribution < 1.29 is 20.1 Å². The van der Waals surface area contributed by atoms with Crippen LogP contribution in [-0.2, 0) is 4.79 Å². The third-order valence-electron chi connectivity index (χ3n) is 3.30. The maximum Gasteiger partial charge on any atom is 0.346 e. The molecule has 0 bridgehead atoms. The molecule has 1 saturated heterocycles. The number of carbonyl (C=O) groups excluding carboxylic acids is 1. The molecule has 0 amide bonds. The summed E-state index contributed by atoms with van der Waals surface area (Å²) in [4.78, 5) is 12.4. The van der Waals surface area contributed by atoms with E-state index < -0.39 is 6.10 Å². The standard InChI is InChI=1S/C9H15NO4/c11-7-2-1-6-3-4-10(8(6)5-7)9(12,13)14/h6,8,12-14H,1-5H2. The molecule has 0 aromatic carbocycles. The normalized spacial score (nSPS) is 34.6. The van der Waals surface area contributed by atoms with Gasteiger partial charge in [0.05, 0.1) is 0 Å². The molecular weight excluding hydrogens is 186 g/mol. The molecule has 14 heavy (non-hydrogen) atoms. The van der Waals surface area contributed by atoms with Crippen molar-refractivity contribution in [2.45, 2.75) is 37.8 Å². The Hall–Kier alpha value is -0.490. The van der Waals surface area contributed by atoms with E-state index in [0.717, 1.165) is 12.8 Å². The Labute approximate surface area is 82.0 Å². The van der Waals surface area contributed by atoms with Gasteiger partial charge in [-0.15, -0.1) is 0 Å². The average Bonchev–Trinajstić information content (AvgIpc) is 2.45. The van der Waals surface area contributed by atoms with Gasteiger partial charge >= 0.3 is 6.10 Å². The molecule has 0 spiro atoms. The van der Waals surface area contributed by atoms with Crippen molar-refractivity contribution in [3.8, 4) is 0 Å². The first kappa shape index (κ1) is 10.0. The highest BCUT2D eigenvalue weighted by molar-refractivity contribution is 5.80. The van der Waals surface area contributed by atoms with Crippen LogP contribution in [0.1, 0.15) is 25.7 Å². The first-order valence-corrected chi connectivity index (χ1v) is 4.94. The SMILES string of the molecule is O=C1CCC2CCN(C(O)(O)O)C2C1. The number of Topliss-reactive ketones (excluding diaryl/α,β-unsaturated/α-hetero) is 1. The second-order valence-corrected chi connectivity index (χ2v) is 4.19. The lowest BCUT2D eigenvalue weighted by Crippen LogP contribution is -2.53. The van der Waals surface area contributed by atoms with E-state index in [4.69, 9.17) is 15.3 Å². The molecule has 5 nitrogen and oxygen atoms in total. The molecule has 0 aromatic rings. The summed E-state index contributed by atoms with van der Waals surface area (Å²) in [5.41, 5.74) is 0. The lowest BCUT2D eigenvalue weighted by atomic mass is 9.84. The minimum Gasteiger partial charge on any atom is -0.330 e. The number of nitrogens with zero attached hydrogens (tertiary/aromatic N) is 1. The number of hydrogen-bond donors (Lipinski definition) is 3. The van der Waals surface area contributed by atoms with Crippen LogP contribution in [0, 0.1) is 5.92 Å². The second-order valence-electron chi connectivity index (χ2n) is 4.19. The highest BCUT2D eigenvalue weighted by atomic mass is 16.7. The van der Waals surface area contributed by atoms with Gasteiger partial charge in [0.15, 0.2) is 0 Å². The highest BCUT2D eigenvalue weighted by Crippen LogP contribution is 2.36. The molecule has 2 unspecified atom stereocenters. The van der Waals surface area contributed by atoms with Crippen LogP contribution in [0.5, 0.6) is 0 Å². The molecule has 2 rings (SSSR count). The van der Waals surface area contributed by atoms with Crippen molar-refractivity contribution in [3.63, 3.8) is 0 Å². The van der Waals surface area contributed by atoms with Crippen LogP contribution in [-0.4, -0.2) is 44.7 Å². The predicted molar refractivity (Wildman–Crippen MR) is 46.8 cm³/mol. The van der Waals surface area contributed by atoms with Gasteiger partial charge in [0.2, 0.25) is 0 Å². The third-order valence-corrected chi connectivity index (χ3v) is 3.30. The van der Waals surface area contributed by atoms with Gasteiger partial charge in [-0.2, -0.15) is 0 Å². The van der Waals surface area contributed by atoms with Crippen molar-refractivity contribution in [1.82, 2.24) is 4.90 Å². The summed E-state index contributed by atoms with van der Waals surface area (Å²) in [7, 11) is 0. The van der Waals surface area contributed by atoms with Crippen LogP contribution in [0.2, 0.25) is 0 Å². The van der Waals surface area contributed by atoms with Gasteiger partial charge < -0.3 is 15.3 Å². The van der Waals surface area contributed by atoms with Gasteiger partial charge in [0.25, 0.3) is 0 Å². The van der Waals surface area contributed by atoms with Crippen LogP contribution in [0.15, 0.2) is 0 Å². The third kappa shape index (κ3) is 1.68. The molecule has 2 aliphatic rings. The Balaban J connectivity index is 2.12. The second kappa shape index (κ2) is 3.27. The Kier molecular flexibility index (Phi) is 2.35. The Morgan fingerprint density at radius 2 is 2.00 bits per heavy atom. The van der Waals surface area contributed by atoms with Crippen molar-refractivity contribution in [2.24, 2.45) is 5.92 Å². The molecule has 5 heteroatoms. The molecular formula is C9H15NO4. The van der Waals surface area contributed by atoms with Crippen LogP contribution in [0.4, 0.5) is 0 Å². The summed E-state index contributed by atoms with van der Waals surface area (Å²) in [5, 5.41) is 27.2. The van der Waals surface area contributed by atoms with Gasteiger partial charge in [-0.1, -0.05) is 0 Å². The summed E-state index contributed by atoms with van der Waals surface area (Å²) < 4.78 is 0. The van der Waals surface area contributed by atoms with Crippen molar-refractivity contribution in [3.05, 3.63) is 0 Å². The number of aliphatic hydroxyl groups is 3. The minimum absolute atomic E-state index is 0.141. The number of hydrogen-bond acceptors (Lipinski definition) is 5. The van der Waals surface area contributed by atoms with E-state index >= 15 is 0 Å². The maximum absolute atomic E-state index is 11.2. The molecule has 0 aromatic heterocycles. The van der Waals surface area contributed by atoms with E-state index in [9.17, 15) is 4.79 Å². The van der Waals surface area contributed by atoms with Crippen LogP contribution in [0.25, 0.3) is 0 Å². The number of ketones is 1. The van der Waals surface area contributed by atoms with E-state index in [1.165, 1.54) is 4.90 Å². The summed E-state index contributed by atoms with van der Waals surface area (Å²) in [6.45, 7) is 0.437. The van der Waals surface area contributed by atoms with E-state index in [1.54, 1.807) is 0 Å². The summed E-state index contributed by atoms with van der Waals surface area (Å²) in [6.07, 6.45) is -0.229. The fraction of sp³-hybridized carbons (Fsp3) is 0.889. The number of rotatable bonds is 1. The first-order valence-electron chi connectivity index (χ1n) is 4.94. The summed E-state index contributed by atoms with van der Waals surface area (Å²) in [5.74, 6) is 0.459. The monoisotopic (exact) mass is 201 g/mol. The van der Waals surface area contributed by atoms with E-state index in [2.05, 4.69) is 0 Å². The number of carbonyl (C=O) groups is 1. The molecule has 3 N–H and O–H groups in total. The van der Waals surface area contributed by atoms with E-state index in [-0.39, 0.29) is 11.8 Å². The smallest absolute Gasteiger partial charge is 0.330 e. The molecule has 1 aliphatic heterocycles. The predicted octanol–water partition coefficient (Wildman–Crippen LogP) is -0.982. The lowest BCUT2D eigenvalue weighted by Gasteiger charge is -2.35. The fourth-order valence-corrected chi connectivity index (χ4v) is 2.59. The van der Waals surface area contributed by atoms with Gasteiger partial charge in [-0.25, -0.2) is 4.90 Å². The molecule has 80 valence electrons. The maximum atomic E-state index is 11.2. The van der Waals surface area contributed by atoms with Gasteiger partial charge in [-0.05, 0) is 18.8 Å². The van der Waals surface area contributed by atoms with Gasteiger partial charge in [0.1, 0.15) is 5.78 Å². The largest absolute Gasteiger partial charge is 0.346 e. The molecule has 2 fully saturated rings. The Bertz CT molecular complexity index is 248. The van der Waals surface area contributed by atoms with Crippen LogP contribution >= 0.6 is 0 Å². The van der Waals surface area contributed by atoms with Gasteiger partial charge in [-0.3, -0.25) is 4.79 Å². The quantitative estimate of drug-likeness (QED) is 0.475. The van der Waals surface area contributed by atoms with Crippen LogP contribution in [0.3, 0.4) is 0 Å². The lowest BCUT2D eigenvalue weighted by molar-refractivity contribution is -0.397. The molecule has 1 saturated carbocycles. The fourth-order valence-electron chi connectivity index (χ4n) is 2.59. The zero-order chi connectivity index (χ0) is 10.3. The molecule has 1 aliphatic carbocycles. The number of likely N-dealkylation sites (tertiary alicyclic amines) is 1. The topological polar surface area (TPSA) is 81.0 Å². The first-order chi connectivity index (χ1) is 6.48. The molecule has 2 atom stereocenters. The molecule has 0 radical (unpaired) electrons. The summed E-state index contributed by atoms with van der Waals surface area (Å²) in [6, 6.07) is -0.198. The van der Waals surface area contributed by atoms with Crippen molar-refractivity contribution in [2.75, 3.05) is 6.54 Å². The van der Waals surface area contributed by atoms with E-state index in [1.807, 2.05) is 0 Å². The average molecular weight is 201 g/mol. The van der Waals surface area contributed by atoms with Crippen molar-refractivity contribution in [1.29, 1.82) is 0 Å². The summed E-state index contributed by atoms with van der Waals surface area (Å²) >= 11 is 0. The van der Waals surface area contributed by atoms with Crippen molar-refractivity contribution >= 4 is 5.78 Å². The Morgan fingerprint density at radius 1 is 1.29 bits per heavy atom. The van der Waals surface area contributed by atoms with E-state index in [0.29, 0.717) is 25.3 Å². The zero-order valence-corrected chi connectivity index (χ0v) is 7.89. The zero-order valence-electron chi connectivity index (χ0n) is 7.89. The highest BCUT2D eigenvalue weighted by Gasteiger charge is 2.46. The Morgan fingerprint density at radius 3 is 2.64 bits per heavy atom. The number of fused-ring (bicyclic) bond motifs is 1. The molecule has 1 heterocycles. The van der Waals surface area contributed by atoms with Gasteiger partial charge in [0, 0.05) is 25.4 Å². The van der Waals surface area contributed by atoms with Crippen LogP contribution < -0.4 is 0 Å².